The molecule has 0 aliphatic heterocycles. The van der Waals surface area contributed by atoms with Crippen molar-refractivity contribution in [1.82, 2.24) is 15.1 Å². The Bertz CT molecular complexity index is 573. The first-order valence-electron chi connectivity index (χ1n) is 7.05. The summed E-state index contributed by atoms with van der Waals surface area (Å²) in [6, 6.07) is 8.58. The monoisotopic (exact) mass is 291 g/mol. The van der Waals surface area contributed by atoms with E-state index in [0.717, 1.165) is 28.5 Å². The van der Waals surface area contributed by atoms with E-state index in [9.17, 15) is 0 Å². The van der Waals surface area contributed by atoms with Crippen molar-refractivity contribution in [3.05, 3.63) is 46.7 Å². The van der Waals surface area contributed by atoms with Gasteiger partial charge in [-0.2, -0.15) is 5.10 Å². The molecule has 0 aliphatic carbocycles. The summed E-state index contributed by atoms with van der Waals surface area (Å²) in [5.74, 6) is 0.432. The summed E-state index contributed by atoms with van der Waals surface area (Å²) in [6.07, 6.45) is 1.98. The molecule has 4 heteroatoms. The van der Waals surface area contributed by atoms with Gasteiger partial charge in [0.25, 0.3) is 0 Å². The van der Waals surface area contributed by atoms with Crippen molar-refractivity contribution in [3.63, 3.8) is 0 Å². The van der Waals surface area contributed by atoms with Crippen molar-refractivity contribution < 1.29 is 0 Å². The lowest BCUT2D eigenvalue weighted by Gasteiger charge is -2.11. The average molecular weight is 292 g/mol. The Labute approximate surface area is 126 Å². The average Bonchev–Trinajstić information content (AvgIpc) is 2.86. The summed E-state index contributed by atoms with van der Waals surface area (Å²) in [5.41, 5.74) is 3.20. The zero-order valence-electron chi connectivity index (χ0n) is 12.5. The maximum Gasteiger partial charge on any atom is 0.0660 e. The fourth-order valence-electron chi connectivity index (χ4n) is 1.93. The highest BCUT2D eigenvalue weighted by atomic mass is 35.5. The van der Waals surface area contributed by atoms with Crippen molar-refractivity contribution in [2.24, 2.45) is 0 Å². The third kappa shape index (κ3) is 3.62. The summed E-state index contributed by atoms with van der Waals surface area (Å²) in [5, 5.41) is 8.72. The van der Waals surface area contributed by atoms with Crippen LogP contribution in [-0.2, 0) is 6.54 Å². The number of hydrogen-bond donors (Lipinski definition) is 1. The van der Waals surface area contributed by atoms with Gasteiger partial charge in [0, 0.05) is 23.8 Å². The van der Waals surface area contributed by atoms with Crippen LogP contribution >= 0.6 is 11.6 Å². The van der Waals surface area contributed by atoms with Crippen LogP contribution in [0.3, 0.4) is 0 Å². The third-order valence-corrected chi connectivity index (χ3v) is 3.56. The molecule has 1 aromatic carbocycles. The van der Waals surface area contributed by atoms with Gasteiger partial charge >= 0.3 is 0 Å². The minimum absolute atomic E-state index is 0.432. The number of halogens is 1. The van der Waals surface area contributed by atoms with E-state index < -0.39 is 0 Å². The normalized spacial score (nSPS) is 11.6. The molecular weight excluding hydrogens is 270 g/mol. The van der Waals surface area contributed by atoms with Crippen LogP contribution in [0.15, 0.2) is 30.5 Å². The van der Waals surface area contributed by atoms with E-state index in [-0.39, 0.29) is 0 Å². The van der Waals surface area contributed by atoms with Crippen LogP contribution in [0.2, 0.25) is 5.02 Å². The van der Waals surface area contributed by atoms with Crippen molar-refractivity contribution in [1.29, 1.82) is 0 Å². The summed E-state index contributed by atoms with van der Waals surface area (Å²) in [4.78, 5) is 0. The Morgan fingerprint density at radius 1 is 1.20 bits per heavy atom. The first-order chi connectivity index (χ1) is 9.47. The first-order valence-corrected chi connectivity index (χ1v) is 7.43. The van der Waals surface area contributed by atoms with Crippen molar-refractivity contribution in [3.8, 4) is 5.69 Å². The molecule has 108 valence electrons. The lowest BCUT2D eigenvalue weighted by Crippen LogP contribution is -2.22. The summed E-state index contributed by atoms with van der Waals surface area (Å²) in [6.45, 7) is 9.31. The van der Waals surface area contributed by atoms with Gasteiger partial charge < -0.3 is 5.32 Å². The molecule has 0 amide bonds. The molecule has 0 saturated heterocycles. The lowest BCUT2D eigenvalue weighted by molar-refractivity contribution is 0.589. The lowest BCUT2D eigenvalue weighted by atomic mass is 10.1. The first kappa shape index (κ1) is 15.1. The molecule has 2 rings (SSSR count). The molecule has 0 bridgehead atoms. The highest BCUT2D eigenvalue weighted by Gasteiger charge is 2.07. The molecule has 20 heavy (non-hydrogen) atoms. The summed E-state index contributed by atoms with van der Waals surface area (Å²) in [7, 11) is 0. The minimum Gasteiger partial charge on any atom is -0.310 e. The Morgan fingerprint density at radius 2 is 1.95 bits per heavy atom. The van der Waals surface area contributed by atoms with Gasteiger partial charge in [0.2, 0.25) is 0 Å². The minimum atomic E-state index is 0.432. The van der Waals surface area contributed by atoms with Gasteiger partial charge in [-0.3, -0.25) is 0 Å². The summed E-state index contributed by atoms with van der Waals surface area (Å²) >= 11 is 6.35. The fourth-order valence-corrected chi connectivity index (χ4v) is 2.17. The molecule has 0 unspecified atom stereocenters. The van der Waals surface area contributed by atoms with E-state index in [1.165, 1.54) is 0 Å². The van der Waals surface area contributed by atoms with Crippen LogP contribution in [0.4, 0.5) is 0 Å². The Hall–Kier alpha value is -1.32. The van der Waals surface area contributed by atoms with Crippen LogP contribution < -0.4 is 5.32 Å². The SMILES string of the molecule is CC(C)NCc1ccc(-n2ccc(C(C)C)n2)cc1Cl. The van der Waals surface area contributed by atoms with Gasteiger partial charge in [0.1, 0.15) is 0 Å². The molecule has 0 radical (unpaired) electrons. The topological polar surface area (TPSA) is 29.9 Å². The molecule has 1 aromatic heterocycles. The van der Waals surface area contributed by atoms with Gasteiger partial charge in [-0.25, -0.2) is 4.68 Å². The number of benzene rings is 1. The maximum atomic E-state index is 6.35. The van der Waals surface area contributed by atoms with E-state index in [0.29, 0.717) is 12.0 Å². The zero-order chi connectivity index (χ0) is 14.7. The van der Waals surface area contributed by atoms with Gasteiger partial charge in [-0.15, -0.1) is 0 Å². The van der Waals surface area contributed by atoms with E-state index in [1.54, 1.807) is 0 Å². The maximum absolute atomic E-state index is 6.35. The van der Waals surface area contributed by atoms with Gasteiger partial charge in [-0.1, -0.05) is 45.4 Å². The zero-order valence-corrected chi connectivity index (χ0v) is 13.3. The largest absolute Gasteiger partial charge is 0.310 e. The van der Waals surface area contributed by atoms with Gasteiger partial charge in [-0.05, 0) is 29.7 Å². The molecule has 1 N–H and O–H groups in total. The molecule has 0 aliphatic rings. The van der Waals surface area contributed by atoms with E-state index in [2.05, 4.69) is 50.2 Å². The number of nitrogens with one attached hydrogen (secondary N) is 1. The number of hydrogen-bond acceptors (Lipinski definition) is 2. The molecule has 0 spiro atoms. The van der Waals surface area contributed by atoms with Crippen molar-refractivity contribution in [2.45, 2.75) is 46.2 Å². The van der Waals surface area contributed by atoms with Crippen LogP contribution in [0.1, 0.15) is 44.9 Å². The highest BCUT2D eigenvalue weighted by molar-refractivity contribution is 6.31. The highest BCUT2D eigenvalue weighted by Crippen LogP contribution is 2.21. The predicted molar refractivity (Wildman–Crippen MR) is 84.6 cm³/mol. The molecule has 0 saturated carbocycles. The predicted octanol–water partition coefficient (Wildman–Crippen LogP) is 4.15. The fraction of sp³-hybridized carbons (Fsp3) is 0.438. The quantitative estimate of drug-likeness (QED) is 0.897. The molecule has 0 fully saturated rings. The van der Waals surface area contributed by atoms with Gasteiger partial charge in [0.05, 0.1) is 11.4 Å². The van der Waals surface area contributed by atoms with Gasteiger partial charge in [0.15, 0.2) is 0 Å². The Kier molecular flexibility index (Phi) is 4.84. The smallest absolute Gasteiger partial charge is 0.0660 e. The van der Waals surface area contributed by atoms with Crippen LogP contribution in [0.25, 0.3) is 5.69 Å². The Morgan fingerprint density at radius 3 is 2.50 bits per heavy atom. The summed E-state index contributed by atoms with van der Waals surface area (Å²) < 4.78 is 1.88. The number of aromatic nitrogens is 2. The van der Waals surface area contributed by atoms with Crippen LogP contribution in [0, 0.1) is 0 Å². The molecular formula is C16H22ClN3. The van der Waals surface area contributed by atoms with Crippen LogP contribution in [-0.4, -0.2) is 15.8 Å². The number of nitrogens with zero attached hydrogens (tertiary/aromatic N) is 2. The van der Waals surface area contributed by atoms with E-state index >= 15 is 0 Å². The third-order valence-electron chi connectivity index (χ3n) is 3.20. The molecule has 2 aromatic rings. The van der Waals surface area contributed by atoms with Crippen LogP contribution in [0.5, 0.6) is 0 Å². The standard InChI is InChI=1S/C16H22ClN3/c1-11(2)16-7-8-20(19-16)14-6-5-13(15(17)9-14)10-18-12(3)4/h5-9,11-12,18H,10H2,1-4H3. The molecule has 0 atom stereocenters. The van der Waals surface area contributed by atoms with Crippen molar-refractivity contribution in [2.75, 3.05) is 0 Å². The van der Waals surface area contributed by atoms with E-state index in [4.69, 9.17) is 11.6 Å². The Balaban J connectivity index is 2.19. The van der Waals surface area contributed by atoms with E-state index in [1.807, 2.05) is 23.0 Å². The number of rotatable bonds is 5. The second kappa shape index (κ2) is 6.42. The van der Waals surface area contributed by atoms with Crippen molar-refractivity contribution >= 4 is 11.6 Å². The molecule has 3 nitrogen and oxygen atoms in total. The second-order valence-corrected chi connectivity index (χ2v) is 6.06. The second-order valence-electron chi connectivity index (χ2n) is 5.65. The molecule has 1 heterocycles.